The normalized spacial score (nSPS) is 17.9. The van der Waals surface area contributed by atoms with E-state index in [1.807, 2.05) is 6.92 Å². The summed E-state index contributed by atoms with van der Waals surface area (Å²) in [6.07, 6.45) is 0.0707. The first-order valence-electron chi connectivity index (χ1n) is 6.34. The van der Waals surface area contributed by atoms with E-state index >= 15 is 0 Å². The van der Waals surface area contributed by atoms with Crippen LogP contribution in [0.4, 0.5) is 0 Å². The molecule has 2 N–H and O–H groups in total. The maximum Gasteiger partial charge on any atom is 0.335 e. The predicted octanol–water partition coefficient (Wildman–Crippen LogP) is 1.70. The van der Waals surface area contributed by atoms with Crippen molar-refractivity contribution in [3.05, 3.63) is 34.3 Å². The van der Waals surface area contributed by atoms with E-state index in [1.165, 1.54) is 0 Å². The minimum absolute atomic E-state index is 0.0353. The molecule has 108 valence electrons. The van der Waals surface area contributed by atoms with Crippen molar-refractivity contribution in [3.8, 4) is 0 Å². The van der Waals surface area contributed by atoms with Crippen LogP contribution in [0.2, 0.25) is 5.02 Å². The SMILES string of the molecule is Cc1cc(Cl)cc(C(=O)N2CCC(O)(C(=O)O)CC2)c1. The number of carboxylic acid groups (broad SMARTS) is 1. The van der Waals surface area contributed by atoms with E-state index in [9.17, 15) is 14.7 Å². The molecule has 5 nitrogen and oxygen atoms in total. The summed E-state index contributed by atoms with van der Waals surface area (Å²) in [7, 11) is 0. The summed E-state index contributed by atoms with van der Waals surface area (Å²) < 4.78 is 0. The predicted molar refractivity (Wildman–Crippen MR) is 73.9 cm³/mol. The standard InChI is InChI=1S/C14H16ClNO4/c1-9-6-10(8-11(15)7-9)12(17)16-4-2-14(20,3-5-16)13(18)19/h6-8,20H,2-5H2,1H3,(H,18,19). The largest absolute Gasteiger partial charge is 0.479 e. The Morgan fingerprint density at radius 1 is 1.25 bits per heavy atom. The molecule has 1 aliphatic rings. The molecule has 2 rings (SSSR count). The van der Waals surface area contributed by atoms with Crippen LogP contribution in [0.3, 0.4) is 0 Å². The monoisotopic (exact) mass is 297 g/mol. The third kappa shape index (κ3) is 2.94. The van der Waals surface area contributed by atoms with Crippen LogP contribution < -0.4 is 0 Å². The molecule has 6 heteroatoms. The molecule has 20 heavy (non-hydrogen) atoms. The molecule has 1 aliphatic heterocycles. The number of aliphatic carboxylic acids is 1. The Bertz CT molecular complexity index is 530. The highest BCUT2D eigenvalue weighted by Crippen LogP contribution is 2.24. The molecule has 1 aromatic carbocycles. The number of amides is 1. The average molecular weight is 298 g/mol. The lowest BCUT2D eigenvalue weighted by Gasteiger charge is -2.35. The Morgan fingerprint density at radius 3 is 2.35 bits per heavy atom. The number of nitrogens with zero attached hydrogens (tertiary/aromatic N) is 1. The van der Waals surface area contributed by atoms with E-state index in [4.69, 9.17) is 16.7 Å². The van der Waals surface area contributed by atoms with Crippen molar-refractivity contribution in [2.75, 3.05) is 13.1 Å². The number of carbonyl (C=O) groups is 2. The van der Waals surface area contributed by atoms with Crippen molar-refractivity contribution < 1.29 is 19.8 Å². The van der Waals surface area contributed by atoms with Gasteiger partial charge in [-0.05, 0) is 30.7 Å². The summed E-state index contributed by atoms with van der Waals surface area (Å²) in [5.41, 5.74) is -0.350. The van der Waals surface area contributed by atoms with Crippen LogP contribution >= 0.6 is 11.6 Å². The molecule has 1 aromatic rings. The maximum absolute atomic E-state index is 12.3. The number of rotatable bonds is 2. The summed E-state index contributed by atoms with van der Waals surface area (Å²) in [6.45, 7) is 2.28. The Hall–Kier alpha value is -1.59. The van der Waals surface area contributed by atoms with Gasteiger partial charge in [0.05, 0.1) is 0 Å². The highest BCUT2D eigenvalue weighted by molar-refractivity contribution is 6.31. The summed E-state index contributed by atoms with van der Waals surface area (Å²) in [5.74, 6) is -1.42. The first-order valence-corrected chi connectivity index (χ1v) is 6.72. The van der Waals surface area contributed by atoms with E-state index in [0.29, 0.717) is 10.6 Å². The highest BCUT2D eigenvalue weighted by atomic mass is 35.5. The van der Waals surface area contributed by atoms with Crippen LogP contribution in [0, 0.1) is 6.92 Å². The highest BCUT2D eigenvalue weighted by Gasteiger charge is 2.40. The van der Waals surface area contributed by atoms with Crippen molar-refractivity contribution in [1.29, 1.82) is 0 Å². The molecule has 0 saturated carbocycles. The van der Waals surface area contributed by atoms with Gasteiger partial charge in [-0.15, -0.1) is 0 Å². The maximum atomic E-state index is 12.3. The van der Waals surface area contributed by atoms with Gasteiger partial charge in [-0.25, -0.2) is 4.79 Å². The van der Waals surface area contributed by atoms with Gasteiger partial charge >= 0.3 is 5.97 Å². The lowest BCUT2D eigenvalue weighted by Crippen LogP contribution is -2.50. The van der Waals surface area contributed by atoms with Gasteiger partial charge in [0.15, 0.2) is 5.60 Å². The van der Waals surface area contributed by atoms with Crippen LogP contribution in [-0.4, -0.2) is 45.7 Å². The van der Waals surface area contributed by atoms with E-state index < -0.39 is 11.6 Å². The zero-order chi connectivity index (χ0) is 14.9. The number of halogens is 1. The number of benzene rings is 1. The fraction of sp³-hybridized carbons (Fsp3) is 0.429. The molecular formula is C14H16ClNO4. The zero-order valence-electron chi connectivity index (χ0n) is 11.1. The van der Waals surface area contributed by atoms with E-state index in [0.717, 1.165) is 5.56 Å². The lowest BCUT2D eigenvalue weighted by atomic mass is 9.91. The van der Waals surface area contributed by atoms with Gasteiger partial charge in [-0.2, -0.15) is 0 Å². The van der Waals surface area contributed by atoms with Gasteiger partial charge in [0.1, 0.15) is 0 Å². The molecule has 0 unspecified atom stereocenters. The minimum Gasteiger partial charge on any atom is -0.479 e. The van der Waals surface area contributed by atoms with Gasteiger partial charge < -0.3 is 15.1 Å². The van der Waals surface area contributed by atoms with E-state index in [1.54, 1.807) is 23.1 Å². The minimum atomic E-state index is -1.72. The second-order valence-electron chi connectivity index (χ2n) is 5.15. The van der Waals surface area contributed by atoms with Crippen LogP contribution in [0.5, 0.6) is 0 Å². The molecule has 1 heterocycles. The molecule has 1 amide bonds. The van der Waals surface area contributed by atoms with E-state index in [-0.39, 0.29) is 31.8 Å². The molecule has 0 spiro atoms. The second kappa shape index (κ2) is 5.42. The van der Waals surface area contributed by atoms with Gasteiger partial charge in [-0.3, -0.25) is 4.79 Å². The number of aliphatic hydroxyl groups is 1. The van der Waals surface area contributed by atoms with Crippen LogP contribution in [0.15, 0.2) is 18.2 Å². The topological polar surface area (TPSA) is 77.8 Å². The molecule has 0 radical (unpaired) electrons. The number of carbonyl (C=O) groups excluding carboxylic acids is 1. The van der Waals surface area contributed by atoms with Crippen LogP contribution in [0.25, 0.3) is 0 Å². The van der Waals surface area contributed by atoms with Crippen LogP contribution in [-0.2, 0) is 4.79 Å². The molecule has 1 fully saturated rings. The average Bonchev–Trinajstić information content (AvgIpc) is 2.37. The first kappa shape index (κ1) is 14.8. The Morgan fingerprint density at radius 2 is 1.85 bits per heavy atom. The van der Waals surface area contributed by atoms with Crippen molar-refractivity contribution in [2.24, 2.45) is 0 Å². The van der Waals surface area contributed by atoms with Crippen molar-refractivity contribution in [2.45, 2.75) is 25.4 Å². The number of hydrogen-bond donors (Lipinski definition) is 2. The summed E-state index contributed by atoms with van der Waals surface area (Å²) in [5, 5.41) is 19.3. The smallest absolute Gasteiger partial charge is 0.335 e. The molecule has 0 bridgehead atoms. The number of carboxylic acids is 1. The summed E-state index contributed by atoms with van der Waals surface area (Å²) >= 11 is 5.93. The fourth-order valence-electron chi connectivity index (χ4n) is 2.34. The first-order chi connectivity index (χ1) is 9.32. The number of piperidine rings is 1. The van der Waals surface area contributed by atoms with Crippen molar-refractivity contribution >= 4 is 23.5 Å². The lowest BCUT2D eigenvalue weighted by molar-refractivity contribution is -0.162. The second-order valence-corrected chi connectivity index (χ2v) is 5.58. The van der Waals surface area contributed by atoms with Crippen molar-refractivity contribution in [1.82, 2.24) is 4.90 Å². The van der Waals surface area contributed by atoms with Gasteiger partial charge in [0.2, 0.25) is 0 Å². The number of hydrogen-bond acceptors (Lipinski definition) is 3. The molecular weight excluding hydrogens is 282 g/mol. The quantitative estimate of drug-likeness (QED) is 0.871. The summed E-state index contributed by atoms with van der Waals surface area (Å²) in [4.78, 5) is 24.8. The van der Waals surface area contributed by atoms with Crippen molar-refractivity contribution in [3.63, 3.8) is 0 Å². The third-order valence-electron chi connectivity index (χ3n) is 3.56. The van der Waals surface area contributed by atoms with Gasteiger partial charge in [0.25, 0.3) is 5.91 Å². The summed E-state index contributed by atoms with van der Waals surface area (Å²) in [6, 6.07) is 5.10. The zero-order valence-corrected chi connectivity index (χ0v) is 11.9. The fourth-order valence-corrected chi connectivity index (χ4v) is 2.63. The van der Waals surface area contributed by atoms with Gasteiger partial charge in [-0.1, -0.05) is 11.6 Å². The number of likely N-dealkylation sites (tertiary alicyclic amines) is 1. The Balaban J connectivity index is 2.10. The van der Waals surface area contributed by atoms with Gasteiger partial charge in [0, 0.05) is 36.5 Å². The van der Waals surface area contributed by atoms with E-state index in [2.05, 4.69) is 0 Å². The molecule has 1 saturated heterocycles. The number of aryl methyl sites for hydroxylation is 1. The molecule has 0 aliphatic carbocycles. The molecule has 0 aromatic heterocycles. The third-order valence-corrected chi connectivity index (χ3v) is 3.78. The Labute approximate surface area is 121 Å². The molecule has 0 atom stereocenters. The van der Waals surface area contributed by atoms with Crippen LogP contribution in [0.1, 0.15) is 28.8 Å². The Kier molecular flexibility index (Phi) is 4.01.